The van der Waals surface area contributed by atoms with Gasteiger partial charge in [0.15, 0.2) is 0 Å². The number of nitrogens with zero attached hydrogens (tertiary/aromatic N) is 3. The minimum absolute atomic E-state index is 0.0450. The van der Waals surface area contributed by atoms with Crippen molar-refractivity contribution in [3.63, 3.8) is 0 Å². The summed E-state index contributed by atoms with van der Waals surface area (Å²) < 4.78 is 1.83. The van der Waals surface area contributed by atoms with Crippen LogP contribution in [0.3, 0.4) is 0 Å². The first-order valence-electron chi connectivity index (χ1n) is 10.5. The van der Waals surface area contributed by atoms with Gasteiger partial charge in [-0.05, 0) is 44.9 Å². The SMILES string of the molecule is CCC(C)(C)NC(=O)C(C)N1C[C@@H]2C(NC(=O)c3cnn(CC(C)C)c3)[C@@H]2C1. The van der Waals surface area contributed by atoms with E-state index < -0.39 is 0 Å². The Hall–Kier alpha value is -1.89. The second-order valence-corrected chi connectivity index (χ2v) is 9.53. The molecule has 2 fully saturated rings. The average molecular weight is 390 g/mol. The first-order chi connectivity index (χ1) is 13.1. The summed E-state index contributed by atoms with van der Waals surface area (Å²) in [5.41, 5.74) is 0.446. The second kappa shape index (κ2) is 7.85. The molecule has 1 aromatic rings. The molecule has 1 aliphatic carbocycles. The molecule has 3 rings (SSSR count). The van der Waals surface area contributed by atoms with E-state index in [0.717, 1.165) is 26.1 Å². The molecule has 1 saturated heterocycles. The molecular formula is C21H35N5O2. The summed E-state index contributed by atoms with van der Waals surface area (Å²) in [6.45, 7) is 14.9. The molecule has 2 amide bonds. The summed E-state index contributed by atoms with van der Waals surface area (Å²) in [6, 6.07) is 0.0868. The van der Waals surface area contributed by atoms with Crippen LogP contribution in [0.2, 0.25) is 0 Å². The summed E-state index contributed by atoms with van der Waals surface area (Å²) in [5, 5.41) is 10.6. The standard InChI is InChI=1S/C21H35N5O2/c1-7-21(5,6)24-19(27)14(4)25-11-16-17(12-25)18(16)23-20(28)15-8-22-26(10-15)9-13(2)3/h8,10,13-14,16-18H,7,9,11-12H2,1-6H3,(H,23,28)(H,24,27)/t14?,16-,17+,18?. The molecule has 0 bridgehead atoms. The zero-order valence-corrected chi connectivity index (χ0v) is 18.0. The van der Waals surface area contributed by atoms with E-state index in [9.17, 15) is 9.59 Å². The highest BCUT2D eigenvalue weighted by molar-refractivity contribution is 5.94. The van der Waals surface area contributed by atoms with Crippen LogP contribution in [0.25, 0.3) is 0 Å². The third kappa shape index (κ3) is 4.57. The zero-order valence-electron chi connectivity index (χ0n) is 18.0. The summed E-state index contributed by atoms with van der Waals surface area (Å²) in [4.78, 5) is 27.2. The van der Waals surface area contributed by atoms with Gasteiger partial charge in [-0.25, -0.2) is 0 Å². The lowest BCUT2D eigenvalue weighted by Crippen LogP contribution is -2.52. The van der Waals surface area contributed by atoms with E-state index in [1.807, 2.05) is 31.6 Å². The maximum absolute atomic E-state index is 12.5. The number of carbonyl (C=O) groups is 2. The van der Waals surface area contributed by atoms with Crippen molar-refractivity contribution in [3.05, 3.63) is 18.0 Å². The van der Waals surface area contributed by atoms with Gasteiger partial charge >= 0.3 is 0 Å². The molecule has 2 aliphatic rings. The number of fused-ring (bicyclic) bond motifs is 1. The highest BCUT2D eigenvalue weighted by atomic mass is 16.2. The highest BCUT2D eigenvalue weighted by Gasteiger charge is 2.57. The van der Waals surface area contributed by atoms with Crippen molar-refractivity contribution in [2.75, 3.05) is 13.1 Å². The molecule has 1 saturated carbocycles. The molecule has 7 heteroatoms. The van der Waals surface area contributed by atoms with Crippen LogP contribution in [0.15, 0.2) is 12.4 Å². The van der Waals surface area contributed by atoms with Gasteiger partial charge < -0.3 is 10.6 Å². The maximum Gasteiger partial charge on any atom is 0.254 e. The van der Waals surface area contributed by atoms with Crippen LogP contribution in [-0.2, 0) is 11.3 Å². The van der Waals surface area contributed by atoms with Gasteiger partial charge in [0, 0.05) is 37.4 Å². The van der Waals surface area contributed by atoms with Gasteiger partial charge in [0.25, 0.3) is 5.91 Å². The van der Waals surface area contributed by atoms with E-state index in [-0.39, 0.29) is 29.4 Å². The predicted molar refractivity (Wildman–Crippen MR) is 109 cm³/mol. The Morgan fingerprint density at radius 2 is 1.89 bits per heavy atom. The van der Waals surface area contributed by atoms with Gasteiger partial charge in [0.1, 0.15) is 0 Å². The van der Waals surface area contributed by atoms with E-state index in [1.165, 1.54) is 0 Å². The molecule has 0 spiro atoms. The number of rotatable bonds is 8. The fourth-order valence-electron chi connectivity index (χ4n) is 3.97. The number of nitrogens with one attached hydrogen (secondary N) is 2. The van der Waals surface area contributed by atoms with E-state index in [4.69, 9.17) is 0 Å². The molecule has 1 aromatic heterocycles. The Kier molecular flexibility index (Phi) is 5.84. The lowest BCUT2D eigenvalue weighted by atomic mass is 10.0. The first kappa shape index (κ1) is 20.8. The van der Waals surface area contributed by atoms with Crippen molar-refractivity contribution in [1.29, 1.82) is 0 Å². The van der Waals surface area contributed by atoms with Crippen molar-refractivity contribution < 1.29 is 9.59 Å². The van der Waals surface area contributed by atoms with Crippen LogP contribution >= 0.6 is 0 Å². The smallest absolute Gasteiger partial charge is 0.254 e. The lowest BCUT2D eigenvalue weighted by molar-refractivity contribution is -0.127. The minimum atomic E-state index is -0.176. The Bertz CT molecular complexity index is 714. The van der Waals surface area contributed by atoms with Crippen molar-refractivity contribution in [1.82, 2.24) is 25.3 Å². The largest absolute Gasteiger partial charge is 0.350 e. The molecule has 2 heterocycles. The van der Waals surface area contributed by atoms with Crippen LogP contribution in [-0.4, -0.2) is 57.2 Å². The number of piperidine rings is 1. The van der Waals surface area contributed by atoms with E-state index in [2.05, 4.69) is 41.4 Å². The van der Waals surface area contributed by atoms with Crippen LogP contribution in [0.5, 0.6) is 0 Å². The summed E-state index contributed by atoms with van der Waals surface area (Å²) in [5.74, 6) is 1.43. The van der Waals surface area contributed by atoms with Gasteiger partial charge in [0.2, 0.25) is 5.91 Å². The number of likely N-dealkylation sites (tertiary alicyclic amines) is 1. The van der Waals surface area contributed by atoms with Crippen molar-refractivity contribution in [2.45, 2.75) is 72.1 Å². The number of hydrogen-bond acceptors (Lipinski definition) is 4. The quantitative estimate of drug-likeness (QED) is 0.712. The van der Waals surface area contributed by atoms with E-state index in [0.29, 0.717) is 23.3 Å². The first-order valence-corrected chi connectivity index (χ1v) is 10.5. The number of amides is 2. The van der Waals surface area contributed by atoms with Crippen LogP contribution in [0.1, 0.15) is 58.3 Å². The Balaban J connectivity index is 1.46. The zero-order chi connectivity index (χ0) is 20.6. The maximum atomic E-state index is 12.5. The molecule has 156 valence electrons. The van der Waals surface area contributed by atoms with E-state index in [1.54, 1.807) is 6.20 Å². The third-order valence-electron chi connectivity index (χ3n) is 6.24. The average Bonchev–Trinajstić information content (AvgIpc) is 2.99. The summed E-state index contributed by atoms with van der Waals surface area (Å²) in [7, 11) is 0. The number of carbonyl (C=O) groups excluding carboxylic acids is 2. The molecule has 0 aromatic carbocycles. The van der Waals surface area contributed by atoms with Gasteiger partial charge in [-0.2, -0.15) is 5.10 Å². The Morgan fingerprint density at radius 3 is 2.46 bits per heavy atom. The Morgan fingerprint density at radius 1 is 1.25 bits per heavy atom. The number of aromatic nitrogens is 2. The molecule has 1 aliphatic heterocycles. The monoisotopic (exact) mass is 389 g/mol. The topological polar surface area (TPSA) is 79.3 Å². The predicted octanol–water partition coefficient (Wildman–Crippen LogP) is 1.89. The lowest BCUT2D eigenvalue weighted by Gasteiger charge is -2.31. The van der Waals surface area contributed by atoms with Gasteiger partial charge in [0.05, 0.1) is 17.8 Å². The molecule has 28 heavy (non-hydrogen) atoms. The molecule has 2 unspecified atom stereocenters. The van der Waals surface area contributed by atoms with Crippen molar-refractivity contribution >= 4 is 11.8 Å². The van der Waals surface area contributed by atoms with Crippen LogP contribution in [0, 0.1) is 17.8 Å². The molecular weight excluding hydrogens is 354 g/mol. The second-order valence-electron chi connectivity index (χ2n) is 9.53. The minimum Gasteiger partial charge on any atom is -0.350 e. The summed E-state index contributed by atoms with van der Waals surface area (Å²) >= 11 is 0. The van der Waals surface area contributed by atoms with Gasteiger partial charge in [-0.15, -0.1) is 0 Å². The number of hydrogen-bond donors (Lipinski definition) is 2. The molecule has 4 atom stereocenters. The Labute approximate surface area is 168 Å². The van der Waals surface area contributed by atoms with Gasteiger partial charge in [-0.1, -0.05) is 20.8 Å². The van der Waals surface area contributed by atoms with Crippen molar-refractivity contribution in [3.8, 4) is 0 Å². The third-order valence-corrected chi connectivity index (χ3v) is 6.24. The fourth-order valence-corrected chi connectivity index (χ4v) is 3.97. The van der Waals surface area contributed by atoms with Crippen LogP contribution in [0.4, 0.5) is 0 Å². The fraction of sp³-hybridized carbons (Fsp3) is 0.762. The normalized spacial score (nSPS) is 25.5. The molecule has 0 radical (unpaired) electrons. The van der Waals surface area contributed by atoms with Crippen molar-refractivity contribution in [2.24, 2.45) is 17.8 Å². The summed E-state index contributed by atoms with van der Waals surface area (Å²) in [6.07, 6.45) is 4.37. The molecule has 7 nitrogen and oxygen atoms in total. The molecule has 2 N–H and O–H groups in total. The van der Waals surface area contributed by atoms with E-state index >= 15 is 0 Å². The van der Waals surface area contributed by atoms with Crippen LogP contribution < -0.4 is 10.6 Å². The van der Waals surface area contributed by atoms with Gasteiger partial charge in [-0.3, -0.25) is 19.2 Å². The highest BCUT2D eigenvalue weighted by Crippen LogP contribution is 2.46.